The Hall–Kier alpha value is -2.38. The number of thiazole rings is 1. The first-order valence-corrected chi connectivity index (χ1v) is 10.2. The van der Waals surface area contributed by atoms with Gasteiger partial charge in [0.25, 0.3) is 5.91 Å². The van der Waals surface area contributed by atoms with Crippen molar-refractivity contribution in [3.05, 3.63) is 53.2 Å². The van der Waals surface area contributed by atoms with Gasteiger partial charge >= 0.3 is 0 Å². The monoisotopic (exact) mass is 385 g/mol. The first-order valence-electron chi connectivity index (χ1n) is 8.12. The van der Waals surface area contributed by atoms with Gasteiger partial charge in [-0.25, -0.2) is 9.97 Å². The Bertz CT molecular complexity index is 890. The highest BCUT2D eigenvalue weighted by Gasteiger charge is 2.16. The van der Waals surface area contributed by atoms with Gasteiger partial charge < -0.3 is 10.1 Å². The minimum Gasteiger partial charge on any atom is -0.494 e. The number of nitrogens with zero attached hydrogens (tertiary/aromatic N) is 2. The number of pyridine rings is 1. The number of anilines is 1. The molecular weight excluding hydrogens is 366 g/mol. The highest BCUT2D eigenvalue weighted by atomic mass is 32.2. The van der Waals surface area contributed by atoms with Crippen molar-refractivity contribution in [2.24, 2.45) is 0 Å². The van der Waals surface area contributed by atoms with Gasteiger partial charge in [0.15, 0.2) is 0 Å². The lowest BCUT2D eigenvalue weighted by Gasteiger charge is -2.04. The molecule has 26 heavy (non-hydrogen) atoms. The molecule has 3 aromatic rings. The van der Waals surface area contributed by atoms with Crippen LogP contribution in [0, 0.1) is 6.92 Å². The summed E-state index contributed by atoms with van der Waals surface area (Å²) in [6.07, 6.45) is 3.62. The molecule has 1 amide bonds. The zero-order valence-electron chi connectivity index (χ0n) is 14.8. The first kappa shape index (κ1) is 18.4. The van der Waals surface area contributed by atoms with Gasteiger partial charge in [0, 0.05) is 5.56 Å². The predicted molar refractivity (Wildman–Crippen MR) is 107 cm³/mol. The summed E-state index contributed by atoms with van der Waals surface area (Å²) in [5.74, 6) is 0.652. The van der Waals surface area contributed by atoms with E-state index < -0.39 is 0 Å². The van der Waals surface area contributed by atoms with Crippen LogP contribution in [0.25, 0.3) is 10.6 Å². The fourth-order valence-electron chi connectivity index (χ4n) is 2.35. The summed E-state index contributed by atoms with van der Waals surface area (Å²) in [5.41, 5.74) is 2.35. The third-order valence-electron chi connectivity index (χ3n) is 3.62. The summed E-state index contributed by atoms with van der Waals surface area (Å²) in [6, 6.07) is 11.5. The van der Waals surface area contributed by atoms with Gasteiger partial charge in [-0.05, 0) is 56.5 Å². The number of carbonyl (C=O) groups excluding carboxylic acids is 1. The van der Waals surface area contributed by atoms with Crippen molar-refractivity contribution >= 4 is 34.7 Å². The maximum absolute atomic E-state index is 12.6. The number of thioether (sulfide) groups is 1. The van der Waals surface area contributed by atoms with Crippen molar-refractivity contribution < 1.29 is 9.53 Å². The van der Waals surface area contributed by atoms with E-state index in [9.17, 15) is 4.79 Å². The number of ether oxygens (including phenoxy) is 1. The summed E-state index contributed by atoms with van der Waals surface area (Å²) < 4.78 is 5.46. The van der Waals surface area contributed by atoms with Gasteiger partial charge in [-0.2, -0.15) is 0 Å². The van der Waals surface area contributed by atoms with E-state index in [1.165, 1.54) is 11.3 Å². The van der Waals surface area contributed by atoms with Crippen LogP contribution < -0.4 is 10.1 Å². The van der Waals surface area contributed by atoms with Crippen LogP contribution in [0.5, 0.6) is 5.75 Å². The summed E-state index contributed by atoms with van der Waals surface area (Å²) in [4.78, 5) is 22.0. The Labute approximate surface area is 160 Å². The average Bonchev–Trinajstić information content (AvgIpc) is 3.05. The molecule has 0 aliphatic heterocycles. The molecule has 0 atom stereocenters. The molecule has 0 saturated carbocycles. The predicted octanol–water partition coefficient (Wildman–Crippen LogP) is 4.89. The van der Waals surface area contributed by atoms with E-state index in [4.69, 9.17) is 4.74 Å². The fraction of sp³-hybridized carbons (Fsp3) is 0.211. The van der Waals surface area contributed by atoms with Crippen molar-refractivity contribution in [1.29, 1.82) is 0 Å². The second-order valence-electron chi connectivity index (χ2n) is 5.43. The number of carbonyl (C=O) groups is 1. The van der Waals surface area contributed by atoms with Crippen LogP contribution in [0.3, 0.4) is 0 Å². The van der Waals surface area contributed by atoms with Crippen LogP contribution in [0.2, 0.25) is 0 Å². The summed E-state index contributed by atoms with van der Waals surface area (Å²) in [6.45, 7) is 4.43. The van der Waals surface area contributed by atoms with E-state index >= 15 is 0 Å². The molecule has 7 heteroatoms. The Kier molecular flexibility index (Phi) is 5.90. The molecule has 134 valence electrons. The average molecular weight is 386 g/mol. The van der Waals surface area contributed by atoms with Crippen LogP contribution in [0.15, 0.2) is 47.6 Å². The Morgan fingerprint density at radius 3 is 2.62 bits per heavy atom. The standard InChI is InChI=1S/C19H19N3O2S2/c1-4-24-15-8-5-13(6-9-15)19-21-12(2)17(26-19)18(23)22-14-7-10-16(25-3)20-11-14/h5-11H,4H2,1-3H3,(H,22,23). The van der Waals surface area contributed by atoms with Crippen LogP contribution in [0.1, 0.15) is 22.3 Å². The molecule has 0 saturated heterocycles. The zero-order valence-corrected chi connectivity index (χ0v) is 16.4. The number of rotatable bonds is 6. The van der Waals surface area contributed by atoms with Crippen molar-refractivity contribution in [2.45, 2.75) is 18.9 Å². The molecule has 5 nitrogen and oxygen atoms in total. The lowest BCUT2D eigenvalue weighted by atomic mass is 10.2. The number of aryl methyl sites for hydroxylation is 1. The Balaban J connectivity index is 1.77. The minimum absolute atomic E-state index is 0.170. The van der Waals surface area contributed by atoms with E-state index in [0.29, 0.717) is 22.9 Å². The molecule has 1 aromatic carbocycles. The van der Waals surface area contributed by atoms with E-state index in [1.807, 2.05) is 56.5 Å². The maximum Gasteiger partial charge on any atom is 0.267 e. The molecule has 2 aromatic heterocycles. The number of hydrogen-bond acceptors (Lipinski definition) is 6. The number of aromatic nitrogens is 2. The molecule has 0 fully saturated rings. The molecule has 0 aliphatic rings. The molecule has 1 N–H and O–H groups in total. The van der Waals surface area contributed by atoms with Gasteiger partial charge in [0.05, 0.1) is 29.2 Å². The molecule has 2 heterocycles. The fourth-order valence-corrected chi connectivity index (χ4v) is 3.68. The SMILES string of the molecule is CCOc1ccc(-c2nc(C)c(C(=O)Nc3ccc(SC)nc3)s2)cc1. The van der Waals surface area contributed by atoms with Crippen molar-refractivity contribution in [2.75, 3.05) is 18.2 Å². The Morgan fingerprint density at radius 2 is 2.00 bits per heavy atom. The number of amides is 1. The second kappa shape index (κ2) is 8.33. The smallest absolute Gasteiger partial charge is 0.267 e. The largest absolute Gasteiger partial charge is 0.494 e. The lowest BCUT2D eigenvalue weighted by Crippen LogP contribution is -2.11. The van der Waals surface area contributed by atoms with E-state index in [2.05, 4.69) is 15.3 Å². The van der Waals surface area contributed by atoms with E-state index in [1.54, 1.807) is 18.0 Å². The van der Waals surface area contributed by atoms with Crippen LogP contribution in [-0.4, -0.2) is 28.7 Å². The lowest BCUT2D eigenvalue weighted by molar-refractivity contribution is 0.102. The second-order valence-corrected chi connectivity index (χ2v) is 7.26. The van der Waals surface area contributed by atoms with Gasteiger partial charge in [-0.15, -0.1) is 23.1 Å². The molecule has 0 radical (unpaired) electrons. The molecular formula is C19H19N3O2S2. The van der Waals surface area contributed by atoms with Crippen LogP contribution >= 0.6 is 23.1 Å². The van der Waals surface area contributed by atoms with Gasteiger partial charge in [-0.1, -0.05) is 0 Å². The molecule has 0 bridgehead atoms. The van der Waals surface area contributed by atoms with Gasteiger partial charge in [0.1, 0.15) is 15.6 Å². The molecule has 0 spiro atoms. The molecule has 3 rings (SSSR count). The molecule has 0 unspecified atom stereocenters. The third kappa shape index (κ3) is 4.23. The van der Waals surface area contributed by atoms with Gasteiger partial charge in [0.2, 0.25) is 0 Å². The number of nitrogens with one attached hydrogen (secondary N) is 1. The van der Waals surface area contributed by atoms with Crippen molar-refractivity contribution in [3.8, 4) is 16.3 Å². The van der Waals surface area contributed by atoms with E-state index in [-0.39, 0.29) is 5.91 Å². The maximum atomic E-state index is 12.6. The normalized spacial score (nSPS) is 10.6. The highest BCUT2D eigenvalue weighted by molar-refractivity contribution is 7.98. The number of benzene rings is 1. The third-order valence-corrected chi connectivity index (χ3v) is 5.48. The topological polar surface area (TPSA) is 64.1 Å². The van der Waals surface area contributed by atoms with Crippen LogP contribution in [0.4, 0.5) is 5.69 Å². The Morgan fingerprint density at radius 1 is 1.23 bits per heavy atom. The van der Waals surface area contributed by atoms with Crippen LogP contribution in [-0.2, 0) is 0 Å². The quantitative estimate of drug-likeness (QED) is 0.612. The summed E-state index contributed by atoms with van der Waals surface area (Å²) in [7, 11) is 0. The summed E-state index contributed by atoms with van der Waals surface area (Å²) >= 11 is 2.94. The van der Waals surface area contributed by atoms with E-state index in [0.717, 1.165) is 21.3 Å². The highest BCUT2D eigenvalue weighted by Crippen LogP contribution is 2.29. The van der Waals surface area contributed by atoms with Gasteiger partial charge in [-0.3, -0.25) is 4.79 Å². The zero-order chi connectivity index (χ0) is 18.5. The van der Waals surface area contributed by atoms with Crippen molar-refractivity contribution in [3.63, 3.8) is 0 Å². The molecule has 0 aliphatic carbocycles. The van der Waals surface area contributed by atoms with Crippen molar-refractivity contribution in [1.82, 2.24) is 9.97 Å². The minimum atomic E-state index is -0.170. The number of hydrogen-bond donors (Lipinski definition) is 1. The first-order chi connectivity index (χ1) is 12.6. The summed E-state index contributed by atoms with van der Waals surface area (Å²) in [5, 5.41) is 4.60.